The van der Waals surface area contributed by atoms with E-state index in [0.717, 1.165) is 24.2 Å². The Bertz CT molecular complexity index is 769. The van der Waals surface area contributed by atoms with Crippen molar-refractivity contribution in [3.05, 3.63) is 51.1 Å². The number of rotatable bonds is 3. The molecule has 0 fully saturated rings. The van der Waals surface area contributed by atoms with E-state index < -0.39 is 22.4 Å². The van der Waals surface area contributed by atoms with E-state index in [1.54, 1.807) is 0 Å². The number of fused-ring (bicyclic) bond motifs is 1. The lowest BCUT2D eigenvalue weighted by molar-refractivity contribution is -0.387. The molecule has 3 rings (SSSR count). The summed E-state index contributed by atoms with van der Waals surface area (Å²) >= 11 is 0. The number of hydrogen-bond donors (Lipinski definition) is 1. The lowest BCUT2D eigenvalue weighted by Gasteiger charge is -2.05. The third-order valence-electron chi connectivity index (χ3n) is 3.51. The van der Waals surface area contributed by atoms with Crippen LogP contribution in [0.25, 0.3) is 5.69 Å². The molecule has 1 aliphatic carbocycles. The molecule has 1 aromatic carbocycles. The van der Waals surface area contributed by atoms with E-state index in [9.17, 15) is 19.3 Å². The number of nitro benzene ring substituents is 1. The minimum atomic E-state index is -1.13. The molecule has 7 nitrogen and oxygen atoms in total. The fraction of sp³-hybridized carbons (Fsp3) is 0.231. The molecule has 0 aliphatic heterocycles. The highest BCUT2D eigenvalue weighted by Crippen LogP contribution is 2.29. The number of carbonyl (C=O) groups is 1. The van der Waals surface area contributed by atoms with Gasteiger partial charge in [-0.1, -0.05) is 0 Å². The standard InChI is InChI=1S/C13H10FN3O4/c14-9-6-7(4-5-11(9)17(20)21)16-10-3-1-2-8(10)12(15-16)13(18)19/h4-6H,1-3H2,(H,18,19). The Kier molecular flexibility index (Phi) is 2.93. The lowest BCUT2D eigenvalue weighted by Crippen LogP contribution is -2.05. The van der Waals surface area contributed by atoms with E-state index in [1.165, 1.54) is 10.7 Å². The highest BCUT2D eigenvalue weighted by atomic mass is 19.1. The Balaban J connectivity index is 2.13. The normalized spacial score (nSPS) is 13.2. The Hall–Kier alpha value is -2.77. The molecule has 0 saturated carbocycles. The zero-order chi connectivity index (χ0) is 15.1. The van der Waals surface area contributed by atoms with Crippen LogP contribution in [-0.4, -0.2) is 25.8 Å². The molecule has 2 aromatic rings. The van der Waals surface area contributed by atoms with Gasteiger partial charge >= 0.3 is 11.7 Å². The Morgan fingerprint density at radius 1 is 1.43 bits per heavy atom. The van der Waals surface area contributed by atoms with Gasteiger partial charge in [-0.25, -0.2) is 9.48 Å². The molecule has 8 heteroatoms. The van der Waals surface area contributed by atoms with Crippen molar-refractivity contribution in [2.45, 2.75) is 19.3 Å². The summed E-state index contributed by atoms with van der Waals surface area (Å²) in [4.78, 5) is 21.0. The highest BCUT2D eigenvalue weighted by Gasteiger charge is 2.27. The Labute approximate surface area is 117 Å². The second-order valence-electron chi connectivity index (χ2n) is 4.74. The molecule has 0 saturated heterocycles. The fourth-order valence-electron chi connectivity index (χ4n) is 2.60. The monoisotopic (exact) mass is 291 g/mol. The first kappa shape index (κ1) is 13.2. The molecular formula is C13H10FN3O4. The molecule has 1 N–H and O–H groups in total. The maximum absolute atomic E-state index is 13.7. The number of hydrogen-bond acceptors (Lipinski definition) is 4. The van der Waals surface area contributed by atoms with Crippen LogP contribution < -0.4 is 0 Å². The van der Waals surface area contributed by atoms with Crippen molar-refractivity contribution in [3.63, 3.8) is 0 Å². The van der Waals surface area contributed by atoms with Crippen molar-refractivity contribution in [2.24, 2.45) is 0 Å². The SMILES string of the molecule is O=C(O)c1nn(-c2ccc([N+](=O)[O-])c(F)c2)c2c1CCC2. The second-order valence-corrected chi connectivity index (χ2v) is 4.74. The van der Waals surface area contributed by atoms with Crippen molar-refractivity contribution in [3.8, 4) is 5.69 Å². The molecule has 0 radical (unpaired) electrons. The zero-order valence-corrected chi connectivity index (χ0v) is 10.7. The van der Waals surface area contributed by atoms with Crippen LogP contribution in [0, 0.1) is 15.9 Å². The number of nitrogens with zero attached hydrogens (tertiary/aromatic N) is 3. The largest absolute Gasteiger partial charge is 0.476 e. The summed E-state index contributed by atoms with van der Waals surface area (Å²) in [6.07, 6.45) is 2.07. The number of aromatic carboxylic acids is 1. The summed E-state index contributed by atoms with van der Waals surface area (Å²) in [5.74, 6) is -2.11. The minimum absolute atomic E-state index is 0.0405. The first-order chi connectivity index (χ1) is 9.99. The lowest BCUT2D eigenvalue weighted by atomic mass is 10.2. The summed E-state index contributed by atoms with van der Waals surface area (Å²) in [5.41, 5.74) is 0.993. The number of halogens is 1. The quantitative estimate of drug-likeness (QED) is 0.689. The fourth-order valence-corrected chi connectivity index (χ4v) is 2.60. The molecule has 0 spiro atoms. The predicted molar refractivity (Wildman–Crippen MR) is 69.2 cm³/mol. The van der Waals surface area contributed by atoms with Crippen molar-refractivity contribution >= 4 is 11.7 Å². The van der Waals surface area contributed by atoms with Gasteiger partial charge in [-0.15, -0.1) is 0 Å². The van der Waals surface area contributed by atoms with E-state index in [0.29, 0.717) is 18.4 Å². The van der Waals surface area contributed by atoms with Crippen LogP contribution in [-0.2, 0) is 12.8 Å². The van der Waals surface area contributed by atoms with Crippen LogP contribution in [0.3, 0.4) is 0 Å². The van der Waals surface area contributed by atoms with E-state index in [-0.39, 0.29) is 11.4 Å². The van der Waals surface area contributed by atoms with Gasteiger partial charge in [0.1, 0.15) is 0 Å². The first-order valence-electron chi connectivity index (χ1n) is 6.27. The number of nitro groups is 1. The topological polar surface area (TPSA) is 98.3 Å². The van der Waals surface area contributed by atoms with Gasteiger partial charge in [0.2, 0.25) is 5.82 Å². The summed E-state index contributed by atoms with van der Waals surface area (Å²) in [5, 5.41) is 23.8. The molecule has 0 bridgehead atoms. The van der Waals surface area contributed by atoms with E-state index in [4.69, 9.17) is 5.11 Å². The van der Waals surface area contributed by atoms with Gasteiger partial charge < -0.3 is 5.11 Å². The summed E-state index contributed by atoms with van der Waals surface area (Å²) in [6, 6.07) is 3.40. The predicted octanol–water partition coefficient (Wildman–Crippen LogP) is 2.11. The molecule has 0 atom stereocenters. The van der Waals surface area contributed by atoms with Gasteiger partial charge in [-0.3, -0.25) is 10.1 Å². The summed E-state index contributed by atoms with van der Waals surface area (Å²) < 4.78 is 15.1. The first-order valence-corrected chi connectivity index (χ1v) is 6.27. The Morgan fingerprint density at radius 2 is 2.19 bits per heavy atom. The van der Waals surface area contributed by atoms with E-state index in [1.807, 2.05) is 0 Å². The van der Waals surface area contributed by atoms with E-state index >= 15 is 0 Å². The van der Waals surface area contributed by atoms with E-state index in [2.05, 4.69) is 5.10 Å². The molecular weight excluding hydrogens is 281 g/mol. The van der Waals surface area contributed by atoms with Crippen molar-refractivity contribution in [1.82, 2.24) is 9.78 Å². The van der Waals surface area contributed by atoms with Gasteiger partial charge in [0.15, 0.2) is 5.69 Å². The molecule has 0 unspecified atom stereocenters. The van der Waals surface area contributed by atoms with Gasteiger partial charge in [-0.05, 0) is 25.3 Å². The number of benzene rings is 1. The van der Waals surface area contributed by atoms with Crippen molar-refractivity contribution in [1.29, 1.82) is 0 Å². The molecule has 1 aromatic heterocycles. The molecule has 1 aliphatic rings. The van der Waals surface area contributed by atoms with Gasteiger partial charge in [-0.2, -0.15) is 9.49 Å². The average molecular weight is 291 g/mol. The van der Waals surface area contributed by atoms with Crippen molar-refractivity contribution < 1.29 is 19.2 Å². The smallest absolute Gasteiger partial charge is 0.356 e. The highest BCUT2D eigenvalue weighted by molar-refractivity contribution is 5.87. The van der Waals surface area contributed by atoms with Gasteiger partial charge in [0.05, 0.1) is 10.6 Å². The molecule has 0 amide bonds. The van der Waals surface area contributed by atoms with Crippen LogP contribution in [0.15, 0.2) is 18.2 Å². The van der Waals surface area contributed by atoms with Crippen LogP contribution in [0.5, 0.6) is 0 Å². The third-order valence-corrected chi connectivity index (χ3v) is 3.51. The van der Waals surface area contributed by atoms with Crippen molar-refractivity contribution in [2.75, 3.05) is 0 Å². The number of carboxylic acid groups (broad SMARTS) is 1. The molecule has 21 heavy (non-hydrogen) atoms. The van der Waals surface area contributed by atoms with Gasteiger partial charge in [0, 0.05) is 23.4 Å². The van der Waals surface area contributed by atoms with Crippen LogP contribution in [0.1, 0.15) is 28.2 Å². The number of carboxylic acids is 1. The van der Waals surface area contributed by atoms with Crippen LogP contribution in [0.4, 0.5) is 10.1 Å². The van der Waals surface area contributed by atoms with Gasteiger partial charge in [0.25, 0.3) is 0 Å². The summed E-state index contributed by atoms with van der Waals surface area (Å²) in [6.45, 7) is 0. The molecule has 108 valence electrons. The zero-order valence-electron chi connectivity index (χ0n) is 10.7. The van der Waals surface area contributed by atoms with Crippen LogP contribution >= 0.6 is 0 Å². The van der Waals surface area contributed by atoms with Crippen LogP contribution in [0.2, 0.25) is 0 Å². The third kappa shape index (κ3) is 2.04. The maximum Gasteiger partial charge on any atom is 0.356 e. The minimum Gasteiger partial charge on any atom is -0.476 e. The second kappa shape index (κ2) is 4.65. The Morgan fingerprint density at radius 3 is 2.81 bits per heavy atom. The summed E-state index contributed by atoms with van der Waals surface area (Å²) in [7, 11) is 0. The average Bonchev–Trinajstić information content (AvgIpc) is 2.98. The molecule has 1 heterocycles. The maximum atomic E-state index is 13.7. The number of aromatic nitrogens is 2.